The highest BCUT2D eigenvalue weighted by Gasteiger charge is 2.17. The quantitative estimate of drug-likeness (QED) is 0.930. The van der Waals surface area contributed by atoms with Crippen molar-refractivity contribution in [3.05, 3.63) is 63.7 Å². The van der Waals surface area contributed by atoms with Crippen LogP contribution in [0.25, 0.3) is 0 Å². The van der Waals surface area contributed by atoms with E-state index >= 15 is 0 Å². The van der Waals surface area contributed by atoms with Crippen LogP contribution in [0, 0.1) is 0 Å². The van der Waals surface area contributed by atoms with Gasteiger partial charge in [-0.25, -0.2) is 0 Å². The van der Waals surface area contributed by atoms with Gasteiger partial charge in [0.25, 0.3) is 0 Å². The topological polar surface area (TPSA) is 35.2 Å². The normalized spacial score (nSPS) is 14.9. The molecule has 0 saturated heterocycles. The Hall–Kier alpha value is -1.51. The van der Waals surface area contributed by atoms with E-state index in [-0.39, 0.29) is 6.04 Å². The Morgan fingerprint density at radius 2 is 1.90 bits per heavy atom. The second-order valence-electron chi connectivity index (χ2n) is 5.25. The van der Waals surface area contributed by atoms with Crippen LogP contribution in [0.1, 0.15) is 34.7 Å². The fraction of sp³-hybridized carbons (Fsp3) is 0.294. The molecule has 3 rings (SSSR count). The van der Waals surface area contributed by atoms with E-state index in [0.717, 1.165) is 23.3 Å². The second-order valence-corrected chi connectivity index (χ2v) is 5.65. The van der Waals surface area contributed by atoms with Gasteiger partial charge in [-0.15, -0.1) is 0 Å². The van der Waals surface area contributed by atoms with Gasteiger partial charge in [-0.1, -0.05) is 35.9 Å². The van der Waals surface area contributed by atoms with Crippen molar-refractivity contribution in [2.45, 2.75) is 25.3 Å². The molecule has 0 heterocycles. The Morgan fingerprint density at radius 1 is 1.10 bits per heavy atom. The lowest BCUT2D eigenvalue weighted by molar-refractivity contribution is 0.414. The van der Waals surface area contributed by atoms with Crippen LogP contribution in [0.3, 0.4) is 0 Å². The highest BCUT2D eigenvalue weighted by Crippen LogP contribution is 2.32. The van der Waals surface area contributed by atoms with E-state index in [9.17, 15) is 0 Å². The van der Waals surface area contributed by atoms with Crippen LogP contribution >= 0.6 is 11.6 Å². The minimum Gasteiger partial charge on any atom is -0.497 e. The molecule has 0 aromatic heterocycles. The third kappa shape index (κ3) is 2.41. The molecule has 0 aliphatic heterocycles. The minimum absolute atomic E-state index is 0.195. The number of ether oxygens (including phenoxy) is 1. The fourth-order valence-corrected chi connectivity index (χ4v) is 3.14. The summed E-state index contributed by atoms with van der Waals surface area (Å²) in [6.45, 7) is 0. The van der Waals surface area contributed by atoms with Gasteiger partial charge in [-0.3, -0.25) is 0 Å². The molecule has 20 heavy (non-hydrogen) atoms. The molecule has 0 saturated carbocycles. The molecule has 2 aromatic carbocycles. The monoisotopic (exact) mass is 287 g/mol. The molecular weight excluding hydrogens is 270 g/mol. The van der Waals surface area contributed by atoms with Crippen LogP contribution in [0.15, 0.2) is 36.4 Å². The van der Waals surface area contributed by atoms with E-state index in [1.54, 1.807) is 7.11 Å². The summed E-state index contributed by atoms with van der Waals surface area (Å²) in [5, 5.41) is 0.650. The Labute approximate surface area is 124 Å². The number of methoxy groups -OCH3 is 1. The van der Waals surface area contributed by atoms with Crippen LogP contribution in [-0.4, -0.2) is 7.11 Å². The van der Waals surface area contributed by atoms with Crippen molar-refractivity contribution in [1.29, 1.82) is 0 Å². The third-order valence-corrected chi connectivity index (χ3v) is 4.35. The fourth-order valence-electron chi connectivity index (χ4n) is 2.85. The van der Waals surface area contributed by atoms with Crippen LogP contribution < -0.4 is 10.5 Å². The van der Waals surface area contributed by atoms with E-state index in [1.165, 1.54) is 24.0 Å². The summed E-state index contributed by atoms with van der Waals surface area (Å²) in [6, 6.07) is 12.0. The zero-order chi connectivity index (χ0) is 14.1. The minimum atomic E-state index is -0.195. The average molecular weight is 288 g/mol. The average Bonchev–Trinajstić information content (AvgIpc) is 2.93. The van der Waals surface area contributed by atoms with Gasteiger partial charge in [-0.2, -0.15) is 0 Å². The van der Waals surface area contributed by atoms with Crippen molar-refractivity contribution in [3.8, 4) is 5.75 Å². The number of hydrogen-bond donors (Lipinski definition) is 1. The maximum absolute atomic E-state index is 6.38. The van der Waals surface area contributed by atoms with Crippen molar-refractivity contribution in [1.82, 2.24) is 0 Å². The lowest BCUT2D eigenvalue weighted by Gasteiger charge is -2.16. The Kier molecular flexibility index (Phi) is 3.68. The molecule has 2 nitrogen and oxygen atoms in total. The van der Waals surface area contributed by atoms with Gasteiger partial charge in [0.05, 0.1) is 13.2 Å². The predicted octanol–water partition coefficient (Wildman–Crippen LogP) is 3.89. The summed E-state index contributed by atoms with van der Waals surface area (Å²) in [5.41, 5.74) is 11.3. The molecule has 2 N–H and O–H groups in total. The molecule has 1 unspecified atom stereocenters. The largest absolute Gasteiger partial charge is 0.497 e. The molecule has 104 valence electrons. The van der Waals surface area contributed by atoms with Gasteiger partial charge in [-0.05, 0) is 53.6 Å². The number of fused-ring (bicyclic) bond motifs is 1. The molecule has 1 aliphatic carbocycles. The van der Waals surface area contributed by atoms with Crippen LogP contribution in [-0.2, 0) is 12.8 Å². The molecule has 0 amide bonds. The highest BCUT2D eigenvalue weighted by atomic mass is 35.5. The van der Waals surface area contributed by atoms with E-state index in [1.807, 2.05) is 18.2 Å². The van der Waals surface area contributed by atoms with Gasteiger partial charge >= 0.3 is 0 Å². The number of nitrogens with two attached hydrogens (primary N) is 1. The van der Waals surface area contributed by atoms with Crippen molar-refractivity contribution < 1.29 is 4.74 Å². The van der Waals surface area contributed by atoms with Crippen LogP contribution in [0.4, 0.5) is 0 Å². The van der Waals surface area contributed by atoms with Crippen LogP contribution in [0.5, 0.6) is 5.75 Å². The Morgan fingerprint density at radius 3 is 2.65 bits per heavy atom. The predicted molar refractivity (Wildman–Crippen MR) is 82.5 cm³/mol. The first-order valence-corrected chi connectivity index (χ1v) is 7.27. The van der Waals surface area contributed by atoms with Crippen molar-refractivity contribution in [2.75, 3.05) is 7.11 Å². The summed E-state index contributed by atoms with van der Waals surface area (Å²) >= 11 is 6.31. The summed E-state index contributed by atoms with van der Waals surface area (Å²) in [4.78, 5) is 0. The lowest BCUT2D eigenvalue weighted by Crippen LogP contribution is -2.12. The first-order chi connectivity index (χ1) is 9.69. The SMILES string of the molecule is COc1ccc(C(N)c2ccc3c(c2)CCC3)c(Cl)c1. The first kappa shape index (κ1) is 13.5. The Bertz CT molecular complexity index is 639. The molecular formula is C17H18ClNO. The summed E-state index contributed by atoms with van der Waals surface area (Å²) in [5.74, 6) is 0.750. The van der Waals surface area contributed by atoms with Gasteiger partial charge < -0.3 is 10.5 Å². The highest BCUT2D eigenvalue weighted by molar-refractivity contribution is 6.31. The number of hydrogen-bond acceptors (Lipinski definition) is 2. The van der Waals surface area contributed by atoms with E-state index in [2.05, 4.69) is 18.2 Å². The Balaban J connectivity index is 1.94. The van der Waals surface area contributed by atoms with E-state index in [0.29, 0.717) is 5.02 Å². The third-order valence-electron chi connectivity index (χ3n) is 4.02. The van der Waals surface area contributed by atoms with E-state index < -0.39 is 0 Å². The van der Waals surface area contributed by atoms with Gasteiger partial charge in [0.15, 0.2) is 0 Å². The molecule has 0 bridgehead atoms. The maximum atomic E-state index is 6.38. The number of rotatable bonds is 3. The summed E-state index contributed by atoms with van der Waals surface area (Å²) in [6.07, 6.45) is 3.59. The zero-order valence-corrected chi connectivity index (χ0v) is 12.3. The van der Waals surface area contributed by atoms with Gasteiger partial charge in [0.2, 0.25) is 0 Å². The van der Waals surface area contributed by atoms with Gasteiger partial charge in [0.1, 0.15) is 5.75 Å². The number of halogens is 1. The molecule has 0 spiro atoms. The zero-order valence-electron chi connectivity index (χ0n) is 11.5. The molecule has 1 atom stereocenters. The van der Waals surface area contributed by atoms with Gasteiger partial charge in [0, 0.05) is 5.02 Å². The number of aryl methyl sites for hydroxylation is 2. The molecule has 3 heteroatoms. The summed E-state index contributed by atoms with van der Waals surface area (Å²) in [7, 11) is 1.63. The van der Waals surface area contributed by atoms with Crippen LogP contribution in [0.2, 0.25) is 5.02 Å². The number of benzene rings is 2. The van der Waals surface area contributed by atoms with Crippen molar-refractivity contribution in [2.24, 2.45) is 5.73 Å². The molecule has 0 radical (unpaired) electrons. The van der Waals surface area contributed by atoms with Crippen molar-refractivity contribution in [3.63, 3.8) is 0 Å². The van der Waals surface area contributed by atoms with E-state index in [4.69, 9.17) is 22.1 Å². The smallest absolute Gasteiger partial charge is 0.120 e. The first-order valence-electron chi connectivity index (χ1n) is 6.90. The standard InChI is InChI=1S/C17H18ClNO/c1-20-14-7-8-15(16(18)10-14)17(19)13-6-5-11-3-2-4-12(11)9-13/h5-10,17H,2-4,19H2,1H3. The molecule has 2 aromatic rings. The molecule has 1 aliphatic rings. The summed E-state index contributed by atoms with van der Waals surface area (Å²) < 4.78 is 5.17. The second kappa shape index (κ2) is 5.47. The molecule has 0 fully saturated rings. The lowest BCUT2D eigenvalue weighted by atomic mass is 9.96. The van der Waals surface area contributed by atoms with Crippen molar-refractivity contribution >= 4 is 11.6 Å². The maximum Gasteiger partial charge on any atom is 0.120 e.